The Kier molecular flexibility index (Phi) is 2.66. The molecule has 0 spiro atoms. The number of aromatic nitrogens is 2. The van der Waals surface area contributed by atoms with Gasteiger partial charge in [0.2, 0.25) is 0 Å². The Hall–Kier alpha value is -2.04. The Morgan fingerprint density at radius 3 is 3.17 bits per heavy atom. The van der Waals surface area contributed by atoms with Crippen LogP contribution >= 0.6 is 0 Å². The summed E-state index contributed by atoms with van der Waals surface area (Å²) in [6, 6.07) is 8.00. The summed E-state index contributed by atoms with van der Waals surface area (Å²) in [5.74, 6) is 0.463. The van der Waals surface area contributed by atoms with Crippen molar-refractivity contribution in [2.24, 2.45) is 5.92 Å². The van der Waals surface area contributed by atoms with Crippen molar-refractivity contribution in [2.75, 3.05) is 18.0 Å². The molecule has 18 heavy (non-hydrogen) atoms. The molecule has 0 saturated carbocycles. The van der Waals surface area contributed by atoms with Crippen LogP contribution in [-0.2, 0) is 4.79 Å². The van der Waals surface area contributed by atoms with E-state index in [-0.39, 0.29) is 12.3 Å². The van der Waals surface area contributed by atoms with Crippen LogP contribution in [-0.4, -0.2) is 34.4 Å². The van der Waals surface area contributed by atoms with E-state index in [0.29, 0.717) is 0 Å². The van der Waals surface area contributed by atoms with Crippen molar-refractivity contribution in [1.29, 1.82) is 0 Å². The number of fused-ring (bicyclic) bond motifs is 1. The third kappa shape index (κ3) is 1.92. The Labute approximate surface area is 104 Å². The maximum Gasteiger partial charge on any atom is 0.303 e. The van der Waals surface area contributed by atoms with Crippen LogP contribution in [0.1, 0.15) is 12.8 Å². The van der Waals surface area contributed by atoms with Gasteiger partial charge in [0.15, 0.2) is 5.82 Å². The molecule has 3 rings (SSSR count). The number of hydrogen-bond donors (Lipinski definition) is 2. The molecule has 0 bridgehead atoms. The number of benzene rings is 1. The minimum atomic E-state index is -0.714. The Bertz CT molecular complexity index is 578. The van der Waals surface area contributed by atoms with E-state index < -0.39 is 5.97 Å². The highest BCUT2D eigenvalue weighted by Gasteiger charge is 2.26. The molecule has 0 amide bonds. The zero-order valence-corrected chi connectivity index (χ0v) is 9.97. The van der Waals surface area contributed by atoms with E-state index in [1.807, 2.05) is 24.3 Å². The first-order chi connectivity index (χ1) is 8.74. The maximum atomic E-state index is 10.7. The van der Waals surface area contributed by atoms with Crippen LogP contribution in [0.5, 0.6) is 0 Å². The summed E-state index contributed by atoms with van der Waals surface area (Å²) >= 11 is 0. The number of anilines is 1. The quantitative estimate of drug-likeness (QED) is 0.866. The molecular weight excluding hydrogens is 230 g/mol. The van der Waals surface area contributed by atoms with Crippen molar-refractivity contribution in [2.45, 2.75) is 12.8 Å². The molecule has 1 aliphatic rings. The van der Waals surface area contributed by atoms with Gasteiger partial charge in [-0.3, -0.25) is 9.89 Å². The molecule has 1 fully saturated rings. The van der Waals surface area contributed by atoms with Gasteiger partial charge in [-0.15, -0.1) is 0 Å². The predicted molar refractivity (Wildman–Crippen MR) is 68.7 cm³/mol. The average Bonchev–Trinajstić information content (AvgIpc) is 2.94. The molecule has 1 atom stereocenters. The van der Waals surface area contributed by atoms with E-state index in [2.05, 4.69) is 15.1 Å². The molecule has 1 aliphatic heterocycles. The SMILES string of the molecule is O=C(O)CC1CCN(c2n[nH]c3ccccc23)C1. The van der Waals surface area contributed by atoms with Crippen molar-refractivity contribution in [1.82, 2.24) is 10.2 Å². The molecule has 1 unspecified atom stereocenters. The summed E-state index contributed by atoms with van der Waals surface area (Å²) in [6.07, 6.45) is 1.17. The molecule has 2 aromatic rings. The van der Waals surface area contributed by atoms with E-state index in [4.69, 9.17) is 5.11 Å². The number of aromatic amines is 1. The van der Waals surface area contributed by atoms with Crippen LogP contribution in [0, 0.1) is 5.92 Å². The zero-order chi connectivity index (χ0) is 12.5. The average molecular weight is 245 g/mol. The number of nitrogens with zero attached hydrogens (tertiary/aromatic N) is 2. The Morgan fingerprint density at radius 1 is 1.50 bits per heavy atom. The fourth-order valence-electron chi connectivity index (χ4n) is 2.63. The molecule has 5 heteroatoms. The number of carbonyl (C=O) groups is 1. The number of hydrogen-bond acceptors (Lipinski definition) is 3. The third-order valence-electron chi connectivity index (χ3n) is 3.50. The summed E-state index contributed by atoms with van der Waals surface area (Å²) in [7, 11) is 0. The highest BCUT2D eigenvalue weighted by atomic mass is 16.4. The number of para-hydroxylation sites is 1. The van der Waals surface area contributed by atoms with Gasteiger partial charge in [-0.2, -0.15) is 5.10 Å². The van der Waals surface area contributed by atoms with E-state index >= 15 is 0 Å². The van der Waals surface area contributed by atoms with E-state index in [1.165, 1.54) is 0 Å². The molecule has 2 heterocycles. The normalized spacial score (nSPS) is 19.6. The van der Waals surface area contributed by atoms with Crippen molar-refractivity contribution in [3.63, 3.8) is 0 Å². The summed E-state index contributed by atoms with van der Waals surface area (Å²) in [6.45, 7) is 1.66. The van der Waals surface area contributed by atoms with Gasteiger partial charge in [-0.25, -0.2) is 0 Å². The van der Waals surface area contributed by atoms with Crippen LogP contribution in [0.2, 0.25) is 0 Å². The molecule has 5 nitrogen and oxygen atoms in total. The molecule has 0 aliphatic carbocycles. The standard InChI is InChI=1S/C13H15N3O2/c17-12(18)7-9-5-6-16(8-9)13-10-3-1-2-4-11(10)14-15-13/h1-4,9H,5-8H2,(H,14,15)(H,17,18). The van der Waals surface area contributed by atoms with Gasteiger partial charge in [-0.1, -0.05) is 12.1 Å². The number of carboxylic acid groups (broad SMARTS) is 1. The first kappa shape index (κ1) is 11.1. The molecule has 1 saturated heterocycles. The lowest BCUT2D eigenvalue weighted by molar-refractivity contribution is -0.137. The van der Waals surface area contributed by atoms with Crippen molar-refractivity contribution >= 4 is 22.7 Å². The Balaban J connectivity index is 1.82. The summed E-state index contributed by atoms with van der Waals surface area (Å²) in [4.78, 5) is 12.9. The van der Waals surface area contributed by atoms with Gasteiger partial charge in [0, 0.05) is 24.9 Å². The van der Waals surface area contributed by atoms with Gasteiger partial charge in [-0.05, 0) is 24.5 Å². The second-order valence-electron chi connectivity index (χ2n) is 4.79. The molecule has 0 radical (unpaired) electrons. The monoisotopic (exact) mass is 245 g/mol. The number of aliphatic carboxylic acids is 1. The van der Waals surface area contributed by atoms with Gasteiger partial charge in [0.1, 0.15) is 0 Å². The molecule has 1 aromatic heterocycles. The fourth-order valence-corrected chi connectivity index (χ4v) is 2.63. The second kappa shape index (κ2) is 4.33. The first-order valence-corrected chi connectivity index (χ1v) is 6.14. The number of H-pyrrole nitrogens is 1. The van der Waals surface area contributed by atoms with E-state index in [9.17, 15) is 4.79 Å². The van der Waals surface area contributed by atoms with Gasteiger partial charge in [0.05, 0.1) is 5.52 Å². The minimum Gasteiger partial charge on any atom is -0.481 e. The summed E-state index contributed by atoms with van der Waals surface area (Å²) in [5, 5.41) is 17.3. The predicted octanol–water partition coefficient (Wildman–Crippen LogP) is 1.86. The van der Waals surface area contributed by atoms with Crippen LogP contribution in [0.4, 0.5) is 5.82 Å². The van der Waals surface area contributed by atoms with Crippen molar-refractivity contribution in [3.05, 3.63) is 24.3 Å². The summed E-state index contributed by atoms with van der Waals surface area (Å²) in [5.41, 5.74) is 1.02. The fraction of sp³-hybridized carbons (Fsp3) is 0.385. The lowest BCUT2D eigenvalue weighted by atomic mass is 10.1. The van der Waals surface area contributed by atoms with Gasteiger partial charge >= 0.3 is 5.97 Å². The van der Waals surface area contributed by atoms with Gasteiger partial charge in [0.25, 0.3) is 0 Å². The number of nitrogens with one attached hydrogen (secondary N) is 1. The van der Waals surface area contributed by atoms with Crippen molar-refractivity contribution in [3.8, 4) is 0 Å². The maximum absolute atomic E-state index is 10.7. The largest absolute Gasteiger partial charge is 0.481 e. The number of rotatable bonds is 3. The van der Waals surface area contributed by atoms with E-state index in [1.54, 1.807) is 0 Å². The lowest BCUT2D eigenvalue weighted by Gasteiger charge is -2.15. The van der Waals surface area contributed by atoms with Crippen LogP contribution < -0.4 is 4.90 Å². The number of carboxylic acids is 1. The summed E-state index contributed by atoms with van der Waals surface area (Å²) < 4.78 is 0. The highest BCUT2D eigenvalue weighted by molar-refractivity contribution is 5.90. The van der Waals surface area contributed by atoms with Crippen molar-refractivity contribution < 1.29 is 9.90 Å². The third-order valence-corrected chi connectivity index (χ3v) is 3.50. The molecular formula is C13H15N3O2. The lowest BCUT2D eigenvalue weighted by Crippen LogP contribution is -2.21. The smallest absolute Gasteiger partial charge is 0.303 e. The minimum absolute atomic E-state index is 0.234. The highest BCUT2D eigenvalue weighted by Crippen LogP contribution is 2.29. The molecule has 2 N–H and O–H groups in total. The molecule has 1 aromatic carbocycles. The van der Waals surface area contributed by atoms with Crippen LogP contribution in [0.25, 0.3) is 10.9 Å². The first-order valence-electron chi connectivity index (χ1n) is 6.14. The molecule has 94 valence electrons. The van der Waals surface area contributed by atoms with Crippen LogP contribution in [0.15, 0.2) is 24.3 Å². The van der Waals surface area contributed by atoms with Gasteiger partial charge < -0.3 is 10.0 Å². The van der Waals surface area contributed by atoms with Crippen LogP contribution in [0.3, 0.4) is 0 Å². The topological polar surface area (TPSA) is 69.2 Å². The zero-order valence-electron chi connectivity index (χ0n) is 9.97. The second-order valence-corrected chi connectivity index (χ2v) is 4.79. The Morgan fingerprint density at radius 2 is 2.33 bits per heavy atom. The van der Waals surface area contributed by atoms with E-state index in [0.717, 1.165) is 36.2 Å².